The first-order valence-corrected chi connectivity index (χ1v) is 12.0. The number of ether oxygens (including phenoxy) is 2. The van der Waals surface area contributed by atoms with Gasteiger partial charge in [-0.25, -0.2) is 18.2 Å². The van der Waals surface area contributed by atoms with Crippen LogP contribution in [0.2, 0.25) is 0 Å². The number of amides is 2. The number of hydrogen-bond donors (Lipinski definition) is 2. The van der Waals surface area contributed by atoms with E-state index in [9.17, 15) is 13.2 Å². The maximum Gasteiger partial charge on any atom is 0.317 e. The Labute approximate surface area is 192 Å². The Hall–Kier alpha value is -3.31. The lowest BCUT2D eigenvalue weighted by atomic mass is 10.3. The van der Waals surface area contributed by atoms with Gasteiger partial charge in [0, 0.05) is 45.2 Å². The number of sulfonamides is 1. The molecule has 176 valence electrons. The number of benzene rings is 2. The summed E-state index contributed by atoms with van der Waals surface area (Å²) in [5, 5.41) is 2.89. The summed E-state index contributed by atoms with van der Waals surface area (Å²) in [6, 6.07) is 12.1. The van der Waals surface area contributed by atoms with Crippen molar-refractivity contribution in [3.05, 3.63) is 48.3 Å². The molecular formula is C22H27N5O5S. The van der Waals surface area contributed by atoms with E-state index in [1.807, 2.05) is 24.3 Å². The average molecular weight is 474 g/mol. The van der Waals surface area contributed by atoms with Gasteiger partial charge < -0.3 is 24.7 Å². The maximum absolute atomic E-state index is 13.0. The molecule has 1 aliphatic rings. The topological polar surface area (TPSA) is 117 Å². The lowest BCUT2D eigenvalue weighted by Crippen LogP contribution is -2.53. The second-order valence-electron chi connectivity index (χ2n) is 7.59. The van der Waals surface area contributed by atoms with E-state index in [1.54, 1.807) is 11.0 Å². The van der Waals surface area contributed by atoms with E-state index in [0.717, 1.165) is 16.9 Å². The van der Waals surface area contributed by atoms with Crippen molar-refractivity contribution in [1.29, 1.82) is 0 Å². The van der Waals surface area contributed by atoms with Crippen molar-refractivity contribution in [2.24, 2.45) is 0 Å². The molecule has 2 N–H and O–H groups in total. The second-order valence-corrected chi connectivity index (χ2v) is 9.53. The molecule has 33 heavy (non-hydrogen) atoms. The SMILES string of the molecule is COc1ccc(S(=O)(=O)N2CCN(C(=O)NCCc3nc4ccccc4[nH]3)CC2)cc1OC. The van der Waals surface area contributed by atoms with Crippen LogP contribution in [0.1, 0.15) is 5.82 Å². The number of hydrogen-bond acceptors (Lipinski definition) is 6. The lowest BCUT2D eigenvalue weighted by molar-refractivity contribution is 0.172. The molecule has 4 rings (SSSR count). The van der Waals surface area contributed by atoms with Crippen molar-refractivity contribution in [2.75, 3.05) is 46.9 Å². The van der Waals surface area contributed by atoms with Gasteiger partial charge in [0.1, 0.15) is 5.82 Å². The van der Waals surface area contributed by atoms with E-state index in [1.165, 1.54) is 30.7 Å². The first-order chi connectivity index (χ1) is 15.9. The molecule has 1 fully saturated rings. The Balaban J connectivity index is 1.30. The van der Waals surface area contributed by atoms with Gasteiger partial charge in [0.05, 0.1) is 30.1 Å². The molecule has 0 radical (unpaired) electrons. The van der Waals surface area contributed by atoms with E-state index in [4.69, 9.17) is 9.47 Å². The third-order valence-corrected chi connectivity index (χ3v) is 7.49. The van der Waals surface area contributed by atoms with Gasteiger partial charge in [0.15, 0.2) is 11.5 Å². The maximum atomic E-state index is 13.0. The van der Waals surface area contributed by atoms with Crippen LogP contribution in [0.3, 0.4) is 0 Å². The van der Waals surface area contributed by atoms with Crippen LogP contribution in [0.25, 0.3) is 11.0 Å². The van der Waals surface area contributed by atoms with Crippen LogP contribution in [-0.2, 0) is 16.4 Å². The number of carbonyl (C=O) groups is 1. The second kappa shape index (κ2) is 9.67. The summed E-state index contributed by atoms with van der Waals surface area (Å²) in [5.74, 6) is 1.61. The number of methoxy groups -OCH3 is 2. The number of carbonyl (C=O) groups excluding carboxylic acids is 1. The third kappa shape index (κ3) is 4.88. The van der Waals surface area contributed by atoms with Gasteiger partial charge in [0.2, 0.25) is 10.0 Å². The van der Waals surface area contributed by atoms with Crippen molar-refractivity contribution in [2.45, 2.75) is 11.3 Å². The molecule has 0 aliphatic carbocycles. The van der Waals surface area contributed by atoms with E-state index < -0.39 is 10.0 Å². The largest absolute Gasteiger partial charge is 0.493 e. The van der Waals surface area contributed by atoms with Gasteiger partial charge >= 0.3 is 6.03 Å². The summed E-state index contributed by atoms with van der Waals surface area (Å²) >= 11 is 0. The molecule has 11 heteroatoms. The highest BCUT2D eigenvalue weighted by Crippen LogP contribution is 2.30. The number of urea groups is 1. The fourth-order valence-corrected chi connectivity index (χ4v) is 5.22. The Bertz CT molecular complexity index is 1200. The van der Waals surface area contributed by atoms with Crippen molar-refractivity contribution >= 4 is 27.1 Å². The van der Waals surface area contributed by atoms with Gasteiger partial charge in [-0.3, -0.25) is 0 Å². The summed E-state index contributed by atoms with van der Waals surface area (Å²) in [4.78, 5) is 22.0. The fourth-order valence-electron chi connectivity index (χ4n) is 3.78. The molecule has 3 aromatic rings. The van der Waals surface area contributed by atoms with Crippen LogP contribution < -0.4 is 14.8 Å². The number of aromatic amines is 1. The molecule has 0 bridgehead atoms. The number of para-hydroxylation sites is 2. The number of nitrogens with one attached hydrogen (secondary N) is 2. The van der Waals surface area contributed by atoms with E-state index in [0.29, 0.717) is 37.6 Å². The minimum absolute atomic E-state index is 0.129. The highest BCUT2D eigenvalue weighted by atomic mass is 32.2. The first kappa shape index (κ1) is 22.9. The predicted octanol–water partition coefficient (Wildman–Crippen LogP) is 1.84. The molecule has 2 amide bonds. The van der Waals surface area contributed by atoms with Crippen LogP contribution in [-0.4, -0.2) is 80.6 Å². The zero-order valence-corrected chi connectivity index (χ0v) is 19.4. The van der Waals surface area contributed by atoms with E-state index in [2.05, 4.69) is 15.3 Å². The van der Waals surface area contributed by atoms with Crippen LogP contribution in [0.15, 0.2) is 47.4 Å². The molecule has 2 aromatic carbocycles. The molecule has 0 atom stereocenters. The number of rotatable bonds is 7. The summed E-state index contributed by atoms with van der Waals surface area (Å²) < 4.78 is 37.8. The molecule has 1 saturated heterocycles. The van der Waals surface area contributed by atoms with Crippen molar-refractivity contribution < 1.29 is 22.7 Å². The fraction of sp³-hybridized carbons (Fsp3) is 0.364. The van der Waals surface area contributed by atoms with Crippen molar-refractivity contribution in [1.82, 2.24) is 24.5 Å². The van der Waals surface area contributed by atoms with Gasteiger partial charge in [-0.05, 0) is 24.3 Å². The first-order valence-electron chi connectivity index (χ1n) is 10.6. The quantitative estimate of drug-likeness (QED) is 0.541. The van der Waals surface area contributed by atoms with Crippen molar-refractivity contribution in [3.63, 3.8) is 0 Å². The number of H-pyrrole nitrogens is 1. The smallest absolute Gasteiger partial charge is 0.317 e. The third-order valence-electron chi connectivity index (χ3n) is 5.60. The molecule has 10 nitrogen and oxygen atoms in total. The molecular weight excluding hydrogens is 446 g/mol. The van der Waals surface area contributed by atoms with Gasteiger partial charge in [-0.2, -0.15) is 4.31 Å². The van der Waals surface area contributed by atoms with Crippen LogP contribution in [0.5, 0.6) is 11.5 Å². The Morgan fingerprint density at radius 3 is 2.48 bits per heavy atom. The van der Waals surface area contributed by atoms with E-state index in [-0.39, 0.29) is 24.0 Å². The summed E-state index contributed by atoms with van der Waals surface area (Å²) in [6.45, 7) is 1.48. The Morgan fingerprint density at radius 1 is 1.06 bits per heavy atom. The van der Waals surface area contributed by atoms with Crippen LogP contribution >= 0.6 is 0 Å². The number of piperazine rings is 1. The highest BCUT2D eigenvalue weighted by molar-refractivity contribution is 7.89. The lowest BCUT2D eigenvalue weighted by Gasteiger charge is -2.34. The van der Waals surface area contributed by atoms with E-state index >= 15 is 0 Å². The minimum atomic E-state index is -3.71. The minimum Gasteiger partial charge on any atom is -0.493 e. The molecule has 0 spiro atoms. The number of fused-ring (bicyclic) bond motifs is 1. The summed E-state index contributed by atoms with van der Waals surface area (Å²) in [5.41, 5.74) is 1.86. The zero-order valence-electron chi connectivity index (χ0n) is 18.6. The molecule has 2 heterocycles. The molecule has 1 aromatic heterocycles. The van der Waals surface area contributed by atoms with Crippen molar-refractivity contribution in [3.8, 4) is 11.5 Å². The predicted molar refractivity (Wildman–Crippen MR) is 123 cm³/mol. The average Bonchev–Trinajstić information content (AvgIpc) is 3.26. The normalized spacial score (nSPS) is 14.9. The zero-order chi connectivity index (χ0) is 23.4. The Kier molecular flexibility index (Phi) is 6.70. The van der Waals surface area contributed by atoms with Gasteiger partial charge in [-0.15, -0.1) is 0 Å². The van der Waals surface area contributed by atoms with Gasteiger partial charge in [0.25, 0.3) is 0 Å². The van der Waals surface area contributed by atoms with Crippen LogP contribution in [0, 0.1) is 0 Å². The van der Waals surface area contributed by atoms with Gasteiger partial charge in [-0.1, -0.05) is 12.1 Å². The number of imidazole rings is 1. The number of nitrogens with zero attached hydrogens (tertiary/aromatic N) is 3. The standard InChI is InChI=1S/C22H27N5O5S/c1-31-19-8-7-16(15-20(19)32-2)33(29,30)27-13-11-26(12-14-27)22(28)23-10-9-21-24-17-5-3-4-6-18(17)25-21/h3-8,15H,9-14H2,1-2H3,(H,23,28)(H,24,25). The molecule has 0 unspecified atom stereocenters. The summed E-state index contributed by atoms with van der Waals surface area (Å²) in [6.07, 6.45) is 0.577. The highest BCUT2D eigenvalue weighted by Gasteiger charge is 2.30. The monoisotopic (exact) mass is 473 g/mol. The Morgan fingerprint density at radius 2 is 1.79 bits per heavy atom. The molecule has 0 saturated carbocycles. The summed E-state index contributed by atoms with van der Waals surface area (Å²) in [7, 11) is -0.756. The molecule has 1 aliphatic heterocycles. The van der Waals surface area contributed by atoms with Crippen LogP contribution in [0.4, 0.5) is 4.79 Å². The number of aromatic nitrogens is 2.